The van der Waals surface area contributed by atoms with Crippen molar-refractivity contribution in [2.24, 2.45) is 0 Å². The summed E-state index contributed by atoms with van der Waals surface area (Å²) in [6.07, 6.45) is 0.877. The number of rotatable bonds is 7. The zero-order chi connectivity index (χ0) is 28.5. The maximum Gasteiger partial charge on any atom is 0.488 e. The van der Waals surface area contributed by atoms with Crippen LogP contribution in [0.4, 0.5) is 0 Å². The first-order valence-corrected chi connectivity index (χ1v) is 13.6. The minimum absolute atomic E-state index is 0.228. The number of benzene rings is 5. The molecule has 40 heavy (non-hydrogen) atoms. The van der Waals surface area contributed by atoms with Crippen LogP contribution < -0.4 is 5.46 Å². The molecule has 0 bridgehead atoms. The summed E-state index contributed by atoms with van der Waals surface area (Å²) in [6.45, 7) is 5.76. The van der Waals surface area contributed by atoms with Crippen LogP contribution in [0.15, 0.2) is 121 Å². The lowest BCUT2D eigenvalue weighted by molar-refractivity contribution is -0.117. The number of Topliss-reactive ketones (excluding diaryl/α,β-unsaturated/α-hetero) is 1. The predicted octanol–water partition coefficient (Wildman–Crippen LogP) is 6.67. The smallest absolute Gasteiger partial charge is 0.423 e. The van der Waals surface area contributed by atoms with Crippen molar-refractivity contribution in [3.8, 4) is 22.3 Å². The molecule has 0 saturated carbocycles. The number of carbonyl (C=O) groups is 1. The topological polar surface area (TPSA) is 57.5 Å². The first-order valence-electron chi connectivity index (χ1n) is 13.6. The van der Waals surface area contributed by atoms with Crippen LogP contribution in [0.5, 0.6) is 0 Å². The van der Waals surface area contributed by atoms with Gasteiger partial charge in [-0.3, -0.25) is 4.79 Å². The lowest BCUT2D eigenvalue weighted by Crippen LogP contribution is -2.34. The SMILES string of the molecule is Cc1cc(C)c(B(O)O)c(C)c1.O=C(Cc1ccccc1-c1ccccc1)Cc1ccccc1-c1ccccc1. The lowest BCUT2D eigenvalue weighted by Gasteiger charge is -2.11. The summed E-state index contributed by atoms with van der Waals surface area (Å²) in [5.74, 6) is 0.228. The molecule has 5 aromatic carbocycles. The maximum atomic E-state index is 12.9. The largest absolute Gasteiger partial charge is 0.488 e. The lowest BCUT2D eigenvalue weighted by atomic mass is 9.74. The van der Waals surface area contributed by atoms with Gasteiger partial charge in [-0.25, -0.2) is 0 Å². The van der Waals surface area contributed by atoms with Gasteiger partial charge >= 0.3 is 7.12 Å². The van der Waals surface area contributed by atoms with Crippen molar-refractivity contribution in [1.29, 1.82) is 0 Å². The molecule has 5 rings (SSSR count). The highest BCUT2D eigenvalue weighted by Gasteiger charge is 2.16. The fourth-order valence-corrected chi connectivity index (χ4v) is 5.23. The van der Waals surface area contributed by atoms with Crippen molar-refractivity contribution in [3.63, 3.8) is 0 Å². The van der Waals surface area contributed by atoms with Gasteiger partial charge in [-0.2, -0.15) is 0 Å². The van der Waals surface area contributed by atoms with E-state index >= 15 is 0 Å². The number of hydrogen-bond donors (Lipinski definition) is 2. The van der Waals surface area contributed by atoms with E-state index in [1.165, 1.54) is 0 Å². The molecule has 0 atom stereocenters. The van der Waals surface area contributed by atoms with Gasteiger partial charge in [-0.05, 0) is 59.6 Å². The highest BCUT2D eigenvalue weighted by Crippen LogP contribution is 2.26. The van der Waals surface area contributed by atoms with Gasteiger partial charge in [0.05, 0.1) is 0 Å². The number of ketones is 1. The summed E-state index contributed by atoms with van der Waals surface area (Å²) in [4.78, 5) is 12.9. The second-order valence-electron chi connectivity index (χ2n) is 10.1. The van der Waals surface area contributed by atoms with Crippen molar-refractivity contribution in [2.75, 3.05) is 0 Å². The van der Waals surface area contributed by atoms with E-state index in [4.69, 9.17) is 10.0 Å². The molecule has 200 valence electrons. The van der Waals surface area contributed by atoms with Gasteiger partial charge in [-0.1, -0.05) is 138 Å². The number of carbonyl (C=O) groups excluding carboxylic acids is 1. The standard InChI is InChI=1S/C27H22O.C9H13BO2/c28-25(19-23-15-7-9-17-26(23)21-11-3-1-4-12-21)20-24-16-8-10-18-27(24)22-13-5-2-6-14-22;1-6-4-7(2)9(10(11)12)8(3)5-6/h1-18H,19-20H2;4-5,11-12H,1-3H3. The molecule has 0 aliphatic rings. The van der Waals surface area contributed by atoms with Crippen LogP contribution in [0.2, 0.25) is 0 Å². The second-order valence-corrected chi connectivity index (χ2v) is 10.1. The van der Waals surface area contributed by atoms with E-state index in [1.807, 2.05) is 93.6 Å². The Kier molecular flexibility index (Phi) is 9.85. The van der Waals surface area contributed by atoms with Crippen LogP contribution in [-0.4, -0.2) is 22.9 Å². The van der Waals surface area contributed by atoms with Crippen molar-refractivity contribution < 1.29 is 14.8 Å². The van der Waals surface area contributed by atoms with Crippen LogP contribution in [0.25, 0.3) is 22.3 Å². The van der Waals surface area contributed by atoms with Crippen molar-refractivity contribution >= 4 is 18.4 Å². The van der Waals surface area contributed by atoms with Gasteiger partial charge in [0.1, 0.15) is 5.78 Å². The van der Waals surface area contributed by atoms with Crippen LogP contribution in [-0.2, 0) is 17.6 Å². The van der Waals surface area contributed by atoms with E-state index < -0.39 is 7.12 Å². The zero-order valence-corrected chi connectivity index (χ0v) is 23.3. The fraction of sp³-hybridized carbons (Fsp3) is 0.139. The van der Waals surface area contributed by atoms with E-state index in [9.17, 15) is 4.79 Å². The van der Waals surface area contributed by atoms with Crippen LogP contribution in [0.3, 0.4) is 0 Å². The Labute approximate surface area is 237 Å². The molecule has 0 unspecified atom stereocenters. The van der Waals surface area contributed by atoms with E-state index in [-0.39, 0.29) is 5.78 Å². The molecular weight excluding hydrogens is 491 g/mol. The first-order chi connectivity index (χ1) is 19.3. The van der Waals surface area contributed by atoms with Crippen molar-refractivity contribution in [3.05, 3.63) is 149 Å². The minimum Gasteiger partial charge on any atom is -0.423 e. The third-order valence-corrected chi connectivity index (χ3v) is 6.98. The predicted molar refractivity (Wildman–Crippen MR) is 167 cm³/mol. The molecule has 0 spiro atoms. The van der Waals surface area contributed by atoms with Gasteiger partial charge in [0.2, 0.25) is 0 Å². The van der Waals surface area contributed by atoms with E-state index in [2.05, 4.69) is 48.5 Å². The summed E-state index contributed by atoms with van der Waals surface area (Å²) < 4.78 is 0. The molecule has 0 saturated heterocycles. The summed E-state index contributed by atoms with van der Waals surface area (Å²) in [5, 5.41) is 18.1. The van der Waals surface area contributed by atoms with E-state index in [0.717, 1.165) is 50.1 Å². The average molecular weight is 526 g/mol. The molecule has 0 aromatic heterocycles. The van der Waals surface area contributed by atoms with E-state index in [0.29, 0.717) is 18.3 Å². The molecule has 3 nitrogen and oxygen atoms in total. The Hall–Kier alpha value is -4.25. The molecule has 5 aromatic rings. The number of aryl methyl sites for hydroxylation is 3. The highest BCUT2D eigenvalue weighted by molar-refractivity contribution is 6.59. The summed E-state index contributed by atoms with van der Waals surface area (Å²) in [5.41, 5.74) is 10.4. The zero-order valence-electron chi connectivity index (χ0n) is 23.3. The Morgan fingerprint density at radius 1 is 0.575 bits per heavy atom. The van der Waals surface area contributed by atoms with Gasteiger partial charge in [-0.15, -0.1) is 0 Å². The third-order valence-electron chi connectivity index (χ3n) is 6.98. The monoisotopic (exact) mass is 526 g/mol. The summed E-state index contributed by atoms with van der Waals surface area (Å²) in [6, 6.07) is 40.8. The van der Waals surface area contributed by atoms with Crippen LogP contribution >= 0.6 is 0 Å². The summed E-state index contributed by atoms with van der Waals surface area (Å²) >= 11 is 0. The molecule has 0 heterocycles. The van der Waals surface area contributed by atoms with Gasteiger partial charge in [0, 0.05) is 12.8 Å². The Bertz CT molecular complexity index is 1450. The Balaban J connectivity index is 0.000000259. The summed E-state index contributed by atoms with van der Waals surface area (Å²) in [7, 11) is -1.36. The molecular formula is C36H35BO3. The van der Waals surface area contributed by atoms with Crippen molar-refractivity contribution in [2.45, 2.75) is 33.6 Å². The van der Waals surface area contributed by atoms with Crippen molar-refractivity contribution in [1.82, 2.24) is 0 Å². The average Bonchev–Trinajstić information content (AvgIpc) is 2.94. The molecule has 0 aliphatic carbocycles. The van der Waals surface area contributed by atoms with Crippen LogP contribution in [0.1, 0.15) is 27.8 Å². The Morgan fingerprint density at radius 3 is 1.35 bits per heavy atom. The molecule has 2 N–H and O–H groups in total. The molecule has 0 fully saturated rings. The minimum atomic E-state index is -1.36. The molecule has 0 amide bonds. The normalized spacial score (nSPS) is 10.4. The van der Waals surface area contributed by atoms with Gasteiger partial charge < -0.3 is 10.0 Å². The Morgan fingerprint density at radius 2 is 0.950 bits per heavy atom. The quantitative estimate of drug-likeness (QED) is 0.233. The van der Waals surface area contributed by atoms with E-state index in [1.54, 1.807) is 0 Å². The molecule has 0 radical (unpaired) electrons. The van der Waals surface area contributed by atoms with Crippen LogP contribution in [0, 0.1) is 20.8 Å². The number of hydrogen-bond acceptors (Lipinski definition) is 3. The molecule has 4 heteroatoms. The van der Waals surface area contributed by atoms with Gasteiger partial charge in [0.25, 0.3) is 0 Å². The maximum absolute atomic E-state index is 12.9. The first kappa shape index (κ1) is 28.8. The molecule has 0 aliphatic heterocycles. The second kappa shape index (κ2) is 13.7. The highest BCUT2D eigenvalue weighted by atomic mass is 16.4. The third kappa shape index (κ3) is 7.44. The van der Waals surface area contributed by atoms with Gasteiger partial charge in [0.15, 0.2) is 0 Å². The fourth-order valence-electron chi connectivity index (χ4n) is 5.23.